The fourth-order valence-corrected chi connectivity index (χ4v) is 6.28. The van der Waals surface area contributed by atoms with E-state index < -0.39 is 15.9 Å². The lowest BCUT2D eigenvalue weighted by atomic mass is 9.89. The van der Waals surface area contributed by atoms with Crippen molar-refractivity contribution in [1.82, 2.24) is 13.9 Å². The van der Waals surface area contributed by atoms with E-state index in [1.165, 1.54) is 84.6 Å². The second-order valence-electron chi connectivity index (χ2n) is 9.06. The number of nitrogens with zero attached hydrogens (tertiary/aromatic N) is 3. The molecule has 1 aliphatic carbocycles. The van der Waals surface area contributed by atoms with Gasteiger partial charge in [-0.2, -0.15) is 0 Å². The van der Waals surface area contributed by atoms with Crippen molar-refractivity contribution in [3.05, 3.63) is 75.7 Å². The summed E-state index contributed by atoms with van der Waals surface area (Å²) in [7, 11) is -0.643. The maximum absolute atomic E-state index is 13.4. The SMILES string of the molecule is CN(C)S(=O)(=O)c1ccc(NC(=O)Cn2cnc3scc(-c4ccc5c(c4)CCCC5)c3c2=O)cc1. The standard InChI is InChI=1S/C26H26N4O4S2/c1-29(2)36(33,34)21-11-9-20(10-12-21)28-23(31)14-30-16-27-25-24(26(30)32)22(15-35-25)19-8-7-17-5-3-4-6-18(17)13-19/h7-13,15-16H,3-6,14H2,1-2H3,(H,28,31). The lowest BCUT2D eigenvalue weighted by Gasteiger charge is -2.16. The van der Waals surface area contributed by atoms with Gasteiger partial charge in [0, 0.05) is 30.7 Å². The Bertz CT molecular complexity index is 1620. The molecule has 10 heteroatoms. The zero-order valence-corrected chi connectivity index (χ0v) is 21.7. The molecule has 1 N–H and O–H groups in total. The third kappa shape index (κ3) is 4.59. The molecule has 2 aromatic heterocycles. The number of thiophene rings is 1. The highest BCUT2D eigenvalue weighted by Gasteiger charge is 2.18. The Balaban J connectivity index is 1.38. The minimum atomic E-state index is -3.56. The molecule has 0 spiro atoms. The average Bonchev–Trinajstić information content (AvgIpc) is 3.30. The summed E-state index contributed by atoms with van der Waals surface area (Å²) in [5.41, 5.74) is 4.72. The molecule has 0 bridgehead atoms. The molecule has 0 unspecified atom stereocenters. The molecule has 8 nitrogen and oxygen atoms in total. The smallest absolute Gasteiger partial charge is 0.263 e. The lowest BCUT2D eigenvalue weighted by molar-refractivity contribution is -0.116. The molecule has 0 saturated heterocycles. The molecule has 2 heterocycles. The number of aromatic nitrogens is 2. The van der Waals surface area contributed by atoms with Crippen LogP contribution < -0.4 is 10.9 Å². The van der Waals surface area contributed by atoms with Gasteiger partial charge in [-0.25, -0.2) is 17.7 Å². The van der Waals surface area contributed by atoms with Crippen LogP contribution in [0.1, 0.15) is 24.0 Å². The number of amides is 1. The van der Waals surface area contributed by atoms with Gasteiger partial charge in [0.25, 0.3) is 5.56 Å². The normalized spacial score (nSPS) is 13.6. The van der Waals surface area contributed by atoms with Crippen LogP contribution in [0, 0.1) is 0 Å². The van der Waals surface area contributed by atoms with Crippen LogP contribution in [0.5, 0.6) is 0 Å². The van der Waals surface area contributed by atoms with Gasteiger partial charge >= 0.3 is 0 Å². The van der Waals surface area contributed by atoms with E-state index in [-0.39, 0.29) is 17.0 Å². The molecule has 4 aromatic rings. The van der Waals surface area contributed by atoms with Crippen LogP contribution in [0.4, 0.5) is 5.69 Å². The summed E-state index contributed by atoms with van der Waals surface area (Å²) in [5.74, 6) is -0.410. The highest BCUT2D eigenvalue weighted by atomic mass is 32.2. The molecule has 1 amide bonds. The fraction of sp³-hybridized carbons (Fsp3) is 0.269. The zero-order chi connectivity index (χ0) is 25.4. The average molecular weight is 523 g/mol. The molecular formula is C26H26N4O4S2. The second-order valence-corrected chi connectivity index (χ2v) is 12.1. The van der Waals surface area contributed by atoms with Crippen molar-refractivity contribution in [2.75, 3.05) is 19.4 Å². The maximum Gasteiger partial charge on any atom is 0.263 e. The van der Waals surface area contributed by atoms with Crippen LogP contribution in [0.2, 0.25) is 0 Å². The number of fused-ring (bicyclic) bond motifs is 2. The number of hydrogen-bond donors (Lipinski definition) is 1. The molecular weight excluding hydrogens is 496 g/mol. The van der Waals surface area contributed by atoms with Gasteiger partial charge in [-0.15, -0.1) is 11.3 Å². The molecule has 2 aromatic carbocycles. The van der Waals surface area contributed by atoms with Crippen LogP contribution >= 0.6 is 11.3 Å². The van der Waals surface area contributed by atoms with Crippen molar-refractivity contribution >= 4 is 43.2 Å². The molecule has 1 aliphatic rings. The van der Waals surface area contributed by atoms with Crippen LogP contribution in [0.3, 0.4) is 0 Å². The molecule has 36 heavy (non-hydrogen) atoms. The topological polar surface area (TPSA) is 101 Å². The molecule has 0 radical (unpaired) electrons. The summed E-state index contributed by atoms with van der Waals surface area (Å²) >= 11 is 1.42. The first-order valence-electron chi connectivity index (χ1n) is 11.7. The van der Waals surface area contributed by atoms with Gasteiger partial charge in [-0.3, -0.25) is 14.2 Å². The summed E-state index contributed by atoms with van der Waals surface area (Å²) in [6, 6.07) is 12.3. The van der Waals surface area contributed by atoms with Crippen molar-refractivity contribution in [3.63, 3.8) is 0 Å². The minimum Gasteiger partial charge on any atom is -0.325 e. The first-order valence-corrected chi connectivity index (χ1v) is 14.0. The van der Waals surface area contributed by atoms with Crippen molar-refractivity contribution in [2.45, 2.75) is 37.1 Å². The van der Waals surface area contributed by atoms with Crippen LogP contribution in [-0.4, -0.2) is 42.3 Å². The monoisotopic (exact) mass is 522 g/mol. The zero-order valence-electron chi connectivity index (χ0n) is 20.0. The number of carbonyl (C=O) groups excluding carboxylic acids is 1. The second kappa shape index (κ2) is 9.61. The van der Waals surface area contributed by atoms with Crippen molar-refractivity contribution < 1.29 is 13.2 Å². The molecule has 0 atom stereocenters. The molecule has 5 rings (SSSR count). The minimum absolute atomic E-state index is 0.128. The molecule has 186 valence electrons. The number of benzene rings is 2. The van der Waals surface area contributed by atoms with Gasteiger partial charge < -0.3 is 5.32 Å². The van der Waals surface area contributed by atoms with Gasteiger partial charge in [0.2, 0.25) is 15.9 Å². The maximum atomic E-state index is 13.4. The molecule has 0 saturated carbocycles. The van der Waals surface area contributed by atoms with Crippen LogP contribution in [-0.2, 0) is 34.2 Å². The summed E-state index contributed by atoms with van der Waals surface area (Å²) in [6.07, 6.45) is 5.93. The summed E-state index contributed by atoms with van der Waals surface area (Å²) < 4.78 is 26.9. The van der Waals surface area contributed by atoms with E-state index in [1.54, 1.807) is 0 Å². The summed E-state index contributed by atoms with van der Waals surface area (Å²) in [6.45, 7) is -0.209. The summed E-state index contributed by atoms with van der Waals surface area (Å²) in [5, 5.41) is 5.19. The Kier molecular flexibility index (Phi) is 6.50. The van der Waals surface area contributed by atoms with E-state index in [1.807, 2.05) is 5.38 Å². The first-order chi connectivity index (χ1) is 17.2. The predicted octanol–water partition coefficient (Wildman–Crippen LogP) is 3.89. The predicted molar refractivity (Wildman–Crippen MR) is 142 cm³/mol. The third-order valence-electron chi connectivity index (χ3n) is 6.45. The van der Waals surface area contributed by atoms with Crippen LogP contribution in [0.25, 0.3) is 21.3 Å². The van der Waals surface area contributed by atoms with E-state index >= 15 is 0 Å². The van der Waals surface area contributed by atoms with Gasteiger partial charge in [-0.05, 0) is 66.6 Å². The van der Waals surface area contributed by atoms with Crippen molar-refractivity contribution in [3.8, 4) is 11.1 Å². The first kappa shape index (κ1) is 24.4. The Morgan fingerprint density at radius 1 is 1.08 bits per heavy atom. The quantitative estimate of drug-likeness (QED) is 0.414. The van der Waals surface area contributed by atoms with Crippen molar-refractivity contribution in [2.24, 2.45) is 0 Å². The Morgan fingerprint density at radius 3 is 2.53 bits per heavy atom. The Labute approximate surface area is 213 Å². The lowest BCUT2D eigenvalue weighted by Crippen LogP contribution is -2.27. The number of rotatable bonds is 6. The fourth-order valence-electron chi connectivity index (χ4n) is 4.47. The highest BCUT2D eigenvalue weighted by molar-refractivity contribution is 7.89. The van der Waals surface area contributed by atoms with E-state index in [2.05, 4.69) is 28.5 Å². The number of nitrogens with one attached hydrogen (secondary N) is 1. The highest BCUT2D eigenvalue weighted by Crippen LogP contribution is 2.33. The van der Waals surface area contributed by atoms with Crippen molar-refractivity contribution in [1.29, 1.82) is 0 Å². The number of carbonyl (C=O) groups is 1. The number of hydrogen-bond acceptors (Lipinski definition) is 6. The van der Waals surface area contributed by atoms with E-state index in [0.717, 1.165) is 28.3 Å². The number of aryl methyl sites for hydroxylation is 2. The summed E-state index contributed by atoms with van der Waals surface area (Å²) in [4.78, 5) is 31.2. The van der Waals surface area contributed by atoms with Gasteiger partial charge in [0.15, 0.2) is 0 Å². The van der Waals surface area contributed by atoms with Gasteiger partial charge in [0.05, 0.1) is 16.6 Å². The number of sulfonamides is 1. The number of anilines is 1. The van der Waals surface area contributed by atoms with E-state index in [9.17, 15) is 18.0 Å². The van der Waals surface area contributed by atoms with E-state index in [0.29, 0.717) is 15.9 Å². The Hall–Kier alpha value is -3.34. The largest absolute Gasteiger partial charge is 0.325 e. The molecule has 0 fully saturated rings. The van der Waals surface area contributed by atoms with Crippen LogP contribution in [0.15, 0.2) is 63.9 Å². The van der Waals surface area contributed by atoms with Gasteiger partial charge in [-0.1, -0.05) is 18.2 Å². The molecule has 0 aliphatic heterocycles. The Morgan fingerprint density at radius 2 is 1.81 bits per heavy atom. The third-order valence-corrected chi connectivity index (χ3v) is 9.17. The van der Waals surface area contributed by atoms with Gasteiger partial charge in [0.1, 0.15) is 11.4 Å². The van der Waals surface area contributed by atoms with E-state index in [4.69, 9.17) is 0 Å².